The molecule has 0 spiro atoms. The number of fused-ring (bicyclic) bond motifs is 1. The number of hydrogen-bond donors (Lipinski definition) is 2. The molecule has 5 aromatic rings. The molecule has 0 saturated carbocycles. The maximum Gasteiger partial charge on any atom is 0.491 e. The summed E-state index contributed by atoms with van der Waals surface area (Å²) in [5.74, 6) is -2.41. The van der Waals surface area contributed by atoms with Crippen LogP contribution in [0.15, 0.2) is 30.9 Å². The molecule has 0 aliphatic rings. The monoisotopic (exact) mass is 575 g/mol. The lowest BCUT2D eigenvalue weighted by atomic mass is 10.0. The first kappa shape index (κ1) is 26.4. The molecule has 3 N–H and O–H groups in total. The van der Waals surface area contributed by atoms with E-state index in [2.05, 4.69) is 30.6 Å². The number of primary amides is 1. The highest BCUT2D eigenvalue weighted by Gasteiger charge is 2.35. The maximum atomic E-state index is 13.7. The minimum atomic E-state index is -4.79. The topological polar surface area (TPSA) is 195 Å². The van der Waals surface area contributed by atoms with Gasteiger partial charge in [-0.1, -0.05) is 4.98 Å². The molecule has 0 atom stereocenters. The second-order valence-corrected chi connectivity index (χ2v) is 9.35. The SMILES string of the molecule is Cc1c(-c2cc(C(F)(F)F)nc3sc(C(N)=O)c(NC(=O)c4ccn(Cn5cnc([N+](=O)[O-])n5)n4)c23)cnn1C. The third-order valence-electron chi connectivity index (χ3n) is 5.79. The largest absolute Gasteiger partial charge is 0.491 e. The third kappa shape index (κ3) is 4.72. The predicted molar refractivity (Wildman–Crippen MR) is 132 cm³/mol. The van der Waals surface area contributed by atoms with Crippen molar-refractivity contribution in [1.82, 2.24) is 39.3 Å². The maximum absolute atomic E-state index is 13.7. The van der Waals surface area contributed by atoms with Crippen molar-refractivity contribution in [3.8, 4) is 11.1 Å². The van der Waals surface area contributed by atoms with Crippen molar-refractivity contribution in [2.24, 2.45) is 12.8 Å². The first-order chi connectivity index (χ1) is 18.8. The van der Waals surface area contributed by atoms with E-state index in [4.69, 9.17) is 5.73 Å². The number of thiophene rings is 1. The minimum absolute atomic E-state index is 0.0419. The number of nitrogens with one attached hydrogen (secondary N) is 1. The van der Waals surface area contributed by atoms with Crippen LogP contribution < -0.4 is 11.1 Å². The standard InChI is InChI=1S/C21H16F3N11O4S/c1-9-11(6-27-32(9)2)10-5-13(21(22,23)24)28-19-14(10)15(16(40-19)17(25)36)29-18(37)12-3-4-33(30-12)8-34-7-26-20(31-34)35(38)39/h3-7H,8H2,1-2H3,(H2,25,36)(H,29,37). The molecule has 0 radical (unpaired) electrons. The fraction of sp³-hybridized carbons (Fsp3) is 0.190. The van der Waals surface area contributed by atoms with Gasteiger partial charge in [0.25, 0.3) is 11.8 Å². The quantitative estimate of drug-likeness (QED) is 0.217. The van der Waals surface area contributed by atoms with E-state index in [0.29, 0.717) is 22.6 Å². The zero-order valence-electron chi connectivity index (χ0n) is 20.4. The molecule has 5 heterocycles. The molecular weight excluding hydrogens is 559 g/mol. The number of carbonyl (C=O) groups is 2. The van der Waals surface area contributed by atoms with Crippen LogP contribution in [0.3, 0.4) is 0 Å². The van der Waals surface area contributed by atoms with Gasteiger partial charge in [0.1, 0.15) is 15.4 Å². The number of amides is 2. The van der Waals surface area contributed by atoms with E-state index in [0.717, 1.165) is 17.1 Å². The molecule has 40 heavy (non-hydrogen) atoms. The molecular formula is C21H16F3N11O4S. The van der Waals surface area contributed by atoms with Crippen LogP contribution in [0.1, 0.15) is 31.5 Å². The number of anilines is 1. The Kier molecular flexibility index (Phi) is 6.29. The molecule has 206 valence electrons. The molecule has 0 saturated heterocycles. The van der Waals surface area contributed by atoms with Gasteiger partial charge in [0.2, 0.25) is 6.33 Å². The Morgan fingerprint density at radius 1 is 1.23 bits per heavy atom. The molecule has 0 unspecified atom stereocenters. The lowest BCUT2D eigenvalue weighted by Gasteiger charge is -2.12. The van der Waals surface area contributed by atoms with Gasteiger partial charge in [0, 0.05) is 35.0 Å². The van der Waals surface area contributed by atoms with Gasteiger partial charge in [-0.15, -0.1) is 11.3 Å². The van der Waals surface area contributed by atoms with Crippen molar-refractivity contribution in [3.63, 3.8) is 0 Å². The summed E-state index contributed by atoms with van der Waals surface area (Å²) in [6.45, 7) is 1.54. The summed E-state index contributed by atoms with van der Waals surface area (Å²) in [6, 6.07) is 2.15. The van der Waals surface area contributed by atoms with Crippen LogP contribution in [0.4, 0.5) is 24.8 Å². The Bertz CT molecular complexity index is 1820. The molecule has 5 aromatic heterocycles. The third-order valence-corrected chi connectivity index (χ3v) is 6.89. The zero-order valence-corrected chi connectivity index (χ0v) is 21.2. The number of hydrogen-bond acceptors (Lipinski definition) is 10. The summed E-state index contributed by atoms with van der Waals surface area (Å²) in [4.78, 5) is 42.3. The van der Waals surface area contributed by atoms with E-state index in [1.165, 1.54) is 27.8 Å². The number of nitrogens with two attached hydrogens (primary N) is 1. The van der Waals surface area contributed by atoms with Crippen molar-refractivity contribution in [2.45, 2.75) is 19.8 Å². The fourth-order valence-electron chi connectivity index (χ4n) is 3.84. The number of nitrogens with zero attached hydrogens (tertiary/aromatic N) is 9. The smallest absolute Gasteiger partial charge is 0.390 e. The second kappa shape index (κ2) is 9.52. The number of aromatic nitrogens is 8. The van der Waals surface area contributed by atoms with Gasteiger partial charge in [-0.25, -0.2) is 9.67 Å². The molecule has 0 aliphatic heterocycles. The molecule has 0 bridgehead atoms. The van der Waals surface area contributed by atoms with Crippen molar-refractivity contribution >= 4 is 45.0 Å². The molecule has 19 heteroatoms. The second-order valence-electron chi connectivity index (χ2n) is 8.35. The zero-order chi connectivity index (χ0) is 28.9. The number of rotatable bonds is 7. The molecule has 15 nitrogen and oxygen atoms in total. The highest BCUT2D eigenvalue weighted by Crippen LogP contribution is 2.44. The summed E-state index contributed by atoms with van der Waals surface area (Å²) in [6.07, 6.45) is -0.921. The van der Waals surface area contributed by atoms with Crippen molar-refractivity contribution in [1.29, 1.82) is 0 Å². The molecule has 2 amide bonds. The lowest BCUT2D eigenvalue weighted by Crippen LogP contribution is -2.18. The predicted octanol–water partition coefficient (Wildman–Crippen LogP) is 2.58. The van der Waals surface area contributed by atoms with E-state index < -0.39 is 34.6 Å². The number of nitro groups is 1. The fourth-order valence-corrected chi connectivity index (χ4v) is 4.84. The molecule has 5 rings (SSSR count). The van der Waals surface area contributed by atoms with Gasteiger partial charge in [0.05, 0.1) is 11.9 Å². The van der Waals surface area contributed by atoms with Crippen LogP contribution in [-0.2, 0) is 19.9 Å². The first-order valence-corrected chi connectivity index (χ1v) is 11.9. The van der Waals surface area contributed by atoms with E-state index in [9.17, 15) is 32.9 Å². The van der Waals surface area contributed by atoms with Crippen LogP contribution in [0, 0.1) is 17.0 Å². The van der Waals surface area contributed by atoms with E-state index in [1.54, 1.807) is 14.0 Å². The van der Waals surface area contributed by atoms with E-state index >= 15 is 0 Å². The Hall–Kier alpha value is -5.20. The summed E-state index contributed by atoms with van der Waals surface area (Å²) >= 11 is 0.606. The minimum Gasteiger partial charge on any atom is -0.390 e. The van der Waals surface area contributed by atoms with Gasteiger partial charge in [-0.3, -0.25) is 14.3 Å². The highest BCUT2D eigenvalue weighted by molar-refractivity contribution is 7.21. The summed E-state index contributed by atoms with van der Waals surface area (Å²) < 4.78 is 45.0. The lowest BCUT2D eigenvalue weighted by molar-refractivity contribution is -0.394. The van der Waals surface area contributed by atoms with Crippen molar-refractivity contribution in [2.75, 3.05) is 5.32 Å². The van der Waals surface area contributed by atoms with Gasteiger partial charge >= 0.3 is 12.1 Å². The van der Waals surface area contributed by atoms with Crippen LogP contribution in [0.2, 0.25) is 0 Å². The van der Waals surface area contributed by atoms with Gasteiger partial charge < -0.3 is 21.2 Å². The van der Waals surface area contributed by atoms with Crippen LogP contribution >= 0.6 is 11.3 Å². The highest BCUT2D eigenvalue weighted by atomic mass is 32.1. The van der Waals surface area contributed by atoms with E-state index in [-0.39, 0.29) is 38.7 Å². The normalized spacial score (nSPS) is 11.7. The number of aryl methyl sites for hydroxylation is 1. The van der Waals surface area contributed by atoms with Gasteiger partial charge in [-0.2, -0.15) is 28.1 Å². The number of halogens is 3. The Morgan fingerprint density at radius 2 is 1.98 bits per heavy atom. The summed E-state index contributed by atoms with van der Waals surface area (Å²) in [7, 11) is 1.61. The average Bonchev–Trinajstić information content (AvgIpc) is 3.66. The summed E-state index contributed by atoms with van der Waals surface area (Å²) in [5, 5.41) is 25.2. The summed E-state index contributed by atoms with van der Waals surface area (Å²) in [5.41, 5.74) is 4.96. The van der Waals surface area contributed by atoms with Crippen molar-refractivity contribution < 1.29 is 27.7 Å². The van der Waals surface area contributed by atoms with E-state index in [1.807, 2.05) is 0 Å². The molecule has 0 fully saturated rings. The number of pyridine rings is 1. The Labute approximate surface area is 224 Å². The van der Waals surface area contributed by atoms with Crippen molar-refractivity contribution in [3.05, 3.63) is 62.9 Å². The number of alkyl halides is 3. The van der Waals surface area contributed by atoms with Gasteiger partial charge in [-0.05, 0) is 29.5 Å². The Morgan fingerprint density at radius 3 is 2.58 bits per heavy atom. The van der Waals surface area contributed by atoms with Crippen LogP contribution in [-0.4, -0.2) is 56.0 Å². The molecule has 0 aliphatic carbocycles. The first-order valence-electron chi connectivity index (χ1n) is 11.1. The number of carbonyl (C=O) groups excluding carboxylic acids is 2. The Balaban J connectivity index is 1.56. The van der Waals surface area contributed by atoms with Gasteiger partial charge in [0.15, 0.2) is 12.4 Å². The van der Waals surface area contributed by atoms with Crippen LogP contribution in [0.5, 0.6) is 0 Å². The average molecular weight is 575 g/mol. The molecule has 0 aromatic carbocycles. The van der Waals surface area contributed by atoms with Crippen LogP contribution in [0.25, 0.3) is 21.3 Å².